The molecule has 0 aliphatic heterocycles. The zero-order valence-electron chi connectivity index (χ0n) is 6.21. The third-order valence-electron chi connectivity index (χ3n) is 1.34. The predicted octanol–water partition coefficient (Wildman–Crippen LogP) is 2.47. The van der Waals surface area contributed by atoms with Crippen LogP contribution in [0.25, 0.3) is 0 Å². The van der Waals surface area contributed by atoms with E-state index in [1.165, 1.54) is 0 Å². The minimum absolute atomic E-state index is 0.654. The molecular weight excluding hydrogens is 180 g/mol. The largest absolute Gasteiger partial charge is 0.254 e. The van der Waals surface area contributed by atoms with Crippen molar-refractivity contribution in [1.29, 1.82) is 0 Å². The van der Waals surface area contributed by atoms with Gasteiger partial charge in [-0.25, -0.2) is 0 Å². The van der Waals surface area contributed by atoms with Gasteiger partial charge in [-0.2, -0.15) is 0 Å². The molecule has 1 atom stereocenters. The molecule has 0 saturated heterocycles. The fraction of sp³-hybridized carbons (Fsp3) is 0.250. The molecule has 0 radical (unpaired) electrons. The highest BCUT2D eigenvalue weighted by molar-refractivity contribution is 7.85. The van der Waals surface area contributed by atoms with Crippen molar-refractivity contribution in [2.24, 2.45) is 0 Å². The van der Waals surface area contributed by atoms with Gasteiger partial charge in [-0.1, -0.05) is 18.5 Å². The summed E-state index contributed by atoms with van der Waals surface area (Å²) in [5.41, 5.74) is 0. The van der Waals surface area contributed by atoms with Crippen LogP contribution in [0.1, 0.15) is 6.92 Å². The summed E-state index contributed by atoms with van der Waals surface area (Å²) in [4.78, 5) is 0.844. The fourth-order valence-corrected chi connectivity index (χ4v) is 1.65. The van der Waals surface area contributed by atoms with E-state index in [1.807, 2.05) is 6.92 Å². The highest BCUT2D eigenvalue weighted by Crippen LogP contribution is 2.12. The monoisotopic (exact) mass is 188 g/mol. The lowest BCUT2D eigenvalue weighted by atomic mass is 10.4. The molecule has 0 spiro atoms. The summed E-state index contributed by atoms with van der Waals surface area (Å²) in [6, 6.07) is 7.10. The van der Waals surface area contributed by atoms with E-state index in [9.17, 15) is 4.21 Å². The summed E-state index contributed by atoms with van der Waals surface area (Å²) in [5.74, 6) is 0.654. The molecule has 0 N–H and O–H groups in total. The molecule has 60 valence electrons. The van der Waals surface area contributed by atoms with Gasteiger partial charge in [-0.15, -0.1) is 0 Å². The maximum atomic E-state index is 11.2. The maximum Gasteiger partial charge on any atom is 0.0526 e. The van der Waals surface area contributed by atoms with E-state index in [0.717, 1.165) is 4.90 Å². The Hall–Kier alpha value is -0.340. The fourth-order valence-electron chi connectivity index (χ4n) is 0.753. The van der Waals surface area contributed by atoms with Crippen molar-refractivity contribution in [3.8, 4) is 0 Å². The van der Waals surface area contributed by atoms with E-state index in [-0.39, 0.29) is 0 Å². The highest BCUT2D eigenvalue weighted by Gasteiger charge is 1.98. The molecular formula is C8H9ClOS. The first-order valence-corrected chi connectivity index (χ1v) is 5.07. The number of rotatable bonds is 2. The molecule has 0 heterocycles. The summed E-state index contributed by atoms with van der Waals surface area (Å²) in [5, 5.41) is 0.682. The van der Waals surface area contributed by atoms with E-state index < -0.39 is 10.8 Å². The van der Waals surface area contributed by atoms with Crippen molar-refractivity contribution in [3.63, 3.8) is 0 Å². The minimum atomic E-state index is -0.857. The van der Waals surface area contributed by atoms with Crippen molar-refractivity contribution in [2.45, 2.75) is 11.8 Å². The predicted molar refractivity (Wildman–Crippen MR) is 48.4 cm³/mol. The van der Waals surface area contributed by atoms with E-state index in [2.05, 4.69) is 0 Å². The molecule has 0 amide bonds. The van der Waals surface area contributed by atoms with Gasteiger partial charge in [0.25, 0.3) is 0 Å². The van der Waals surface area contributed by atoms with Crippen LogP contribution in [-0.2, 0) is 10.8 Å². The highest BCUT2D eigenvalue weighted by atomic mass is 35.5. The van der Waals surface area contributed by atoms with Crippen LogP contribution in [0.4, 0.5) is 0 Å². The lowest BCUT2D eigenvalue weighted by Gasteiger charge is -1.97. The Morgan fingerprint density at radius 2 is 1.91 bits per heavy atom. The summed E-state index contributed by atoms with van der Waals surface area (Å²) in [6.07, 6.45) is 0. The van der Waals surface area contributed by atoms with Crippen LogP contribution in [-0.4, -0.2) is 9.96 Å². The standard InChI is InChI=1S/C8H9ClOS/c1-2-11(10)8-5-3-7(9)4-6-8/h3-6H,2H2,1H3/t11-/m0/s1. The van der Waals surface area contributed by atoms with Crippen LogP contribution >= 0.6 is 11.6 Å². The first kappa shape index (κ1) is 8.75. The molecule has 0 saturated carbocycles. The molecule has 0 bridgehead atoms. The second kappa shape index (κ2) is 3.88. The van der Waals surface area contributed by atoms with Gasteiger partial charge >= 0.3 is 0 Å². The Balaban J connectivity index is 2.90. The van der Waals surface area contributed by atoms with E-state index in [4.69, 9.17) is 11.6 Å². The van der Waals surface area contributed by atoms with Gasteiger partial charge in [0.1, 0.15) is 0 Å². The van der Waals surface area contributed by atoms with Crippen molar-refractivity contribution >= 4 is 22.4 Å². The second-order valence-corrected chi connectivity index (χ2v) is 4.26. The molecule has 3 heteroatoms. The van der Waals surface area contributed by atoms with Crippen molar-refractivity contribution in [3.05, 3.63) is 29.3 Å². The Kier molecular flexibility index (Phi) is 3.09. The molecule has 0 fully saturated rings. The molecule has 0 aliphatic rings. The van der Waals surface area contributed by atoms with E-state index >= 15 is 0 Å². The van der Waals surface area contributed by atoms with Gasteiger partial charge in [0.05, 0.1) is 10.8 Å². The smallest absolute Gasteiger partial charge is 0.0526 e. The summed E-state index contributed by atoms with van der Waals surface area (Å²) in [6.45, 7) is 1.89. The van der Waals surface area contributed by atoms with Crippen LogP contribution in [0.5, 0.6) is 0 Å². The third kappa shape index (κ3) is 2.31. The average molecular weight is 189 g/mol. The van der Waals surface area contributed by atoms with Gasteiger partial charge in [-0.05, 0) is 24.3 Å². The van der Waals surface area contributed by atoms with E-state index in [1.54, 1.807) is 24.3 Å². The summed E-state index contributed by atoms with van der Waals surface area (Å²) >= 11 is 5.66. The lowest BCUT2D eigenvalue weighted by molar-refractivity contribution is 0.684. The zero-order chi connectivity index (χ0) is 8.27. The molecule has 1 nitrogen and oxygen atoms in total. The van der Waals surface area contributed by atoms with Crippen molar-refractivity contribution in [1.82, 2.24) is 0 Å². The Labute approximate surface area is 73.8 Å². The lowest BCUT2D eigenvalue weighted by Crippen LogP contribution is -1.92. The van der Waals surface area contributed by atoms with Gasteiger partial charge in [0, 0.05) is 15.7 Å². The van der Waals surface area contributed by atoms with Crippen LogP contribution in [0.2, 0.25) is 5.02 Å². The Morgan fingerprint density at radius 3 is 2.36 bits per heavy atom. The van der Waals surface area contributed by atoms with Crippen molar-refractivity contribution in [2.75, 3.05) is 5.75 Å². The molecule has 1 aromatic rings. The molecule has 0 aliphatic carbocycles. The normalized spacial score (nSPS) is 12.9. The minimum Gasteiger partial charge on any atom is -0.254 e. The van der Waals surface area contributed by atoms with Gasteiger partial charge in [0.15, 0.2) is 0 Å². The second-order valence-electron chi connectivity index (χ2n) is 2.09. The molecule has 0 aromatic heterocycles. The topological polar surface area (TPSA) is 17.1 Å². The SMILES string of the molecule is CC[S@](=O)c1ccc(Cl)cc1. The number of hydrogen-bond donors (Lipinski definition) is 0. The maximum absolute atomic E-state index is 11.2. The Bertz CT molecular complexity index is 255. The quantitative estimate of drug-likeness (QED) is 0.697. The average Bonchev–Trinajstić information content (AvgIpc) is 2.05. The van der Waals surface area contributed by atoms with Crippen LogP contribution in [0, 0.1) is 0 Å². The first-order chi connectivity index (χ1) is 5.24. The third-order valence-corrected chi connectivity index (χ3v) is 2.91. The van der Waals surface area contributed by atoms with Gasteiger partial charge < -0.3 is 0 Å². The summed E-state index contributed by atoms with van der Waals surface area (Å²) < 4.78 is 11.2. The van der Waals surface area contributed by atoms with Gasteiger partial charge in [-0.3, -0.25) is 4.21 Å². The van der Waals surface area contributed by atoms with Gasteiger partial charge in [0.2, 0.25) is 0 Å². The number of halogens is 1. The van der Waals surface area contributed by atoms with Crippen LogP contribution in [0.3, 0.4) is 0 Å². The molecule has 0 unspecified atom stereocenters. The molecule has 1 aromatic carbocycles. The van der Waals surface area contributed by atoms with E-state index in [0.29, 0.717) is 10.8 Å². The summed E-state index contributed by atoms with van der Waals surface area (Å²) in [7, 11) is -0.857. The Morgan fingerprint density at radius 1 is 1.36 bits per heavy atom. The van der Waals surface area contributed by atoms with Crippen LogP contribution < -0.4 is 0 Å². The first-order valence-electron chi connectivity index (χ1n) is 3.38. The van der Waals surface area contributed by atoms with Crippen LogP contribution in [0.15, 0.2) is 29.2 Å². The number of benzene rings is 1. The molecule has 11 heavy (non-hydrogen) atoms. The van der Waals surface area contributed by atoms with Crippen molar-refractivity contribution < 1.29 is 4.21 Å². The zero-order valence-corrected chi connectivity index (χ0v) is 7.78. The molecule has 1 rings (SSSR count). The number of hydrogen-bond acceptors (Lipinski definition) is 1.